The van der Waals surface area contributed by atoms with E-state index in [1.54, 1.807) is 0 Å². The Morgan fingerprint density at radius 2 is 1.41 bits per heavy atom. The van der Waals surface area contributed by atoms with Gasteiger partial charge in [0.25, 0.3) is 0 Å². The molecule has 0 aliphatic heterocycles. The van der Waals surface area contributed by atoms with Gasteiger partial charge < -0.3 is 9.32 Å². The van der Waals surface area contributed by atoms with Crippen molar-refractivity contribution in [2.24, 2.45) is 5.92 Å². The first-order valence-electron chi connectivity index (χ1n) is 12.1. The van der Waals surface area contributed by atoms with Crippen molar-refractivity contribution in [2.45, 2.75) is 31.7 Å². The highest BCUT2D eigenvalue weighted by molar-refractivity contribution is 6.05. The zero-order valence-corrected chi connectivity index (χ0v) is 19.0. The molecule has 0 N–H and O–H groups in total. The molecular weight excluding hydrogens is 416 g/mol. The van der Waals surface area contributed by atoms with Crippen molar-refractivity contribution in [3.05, 3.63) is 97.1 Å². The molecule has 166 valence electrons. The SMILES string of the molecule is N#CC1CCCC(N(c2ccc(-c3ccccc3)cc2)c2ccc3c(c2)oc2ccccc23)C1. The van der Waals surface area contributed by atoms with E-state index < -0.39 is 0 Å². The Morgan fingerprint density at radius 3 is 2.24 bits per heavy atom. The predicted octanol–water partition coefficient (Wildman–Crippen LogP) is 8.47. The average molecular weight is 443 g/mol. The number of furan rings is 1. The van der Waals surface area contributed by atoms with Gasteiger partial charge in [0.05, 0.1) is 6.07 Å². The molecular formula is C31H26N2O. The molecule has 0 spiro atoms. The summed E-state index contributed by atoms with van der Waals surface area (Å²) in [5.74, 6) is 0.111. The van der Waals surface area contributed by atoms with Gasteiger partial charge in [-0.15, -0.1) is 0 Å². The highest BCUT2D eigenvalue weighted by Gasteiger charge is 2.28. The lowest BCUT2D eigenvalue weighted by molar-refractivity contribution is 0.375. The minimum Gasteiger partial charge on any atom is -0.456 e. The lowest BCUT2D eigenvalue weighted by Gasteiger charge is -2.37. The quantitative estimate of drug-likeness (QED) is 0.280. The monoisotopic (exact) mass is 442 g/mol. The van der Waals surface area contributed by atoms with Crippen LogP contribution in [0.1, 0.15) is 25.7 Å². The maximum atomic E-state index is 9.63. The number of anilines is 2. The highest BCUT2D eigenvalue weighted by atomic mass is 16.3. The summed E-state index contributed by atoms with van der Waals surface area (Å²) >= 11 is 0. The Balaban J connectivity index is 1.43. The fourth-order valence-electron chi connectivity index (χ4n) is 5.40. The summed E-state index contributed by atoms with van der Waals surface area (Å²) in [6.07, 6.45) is 4.04. The van der Waals surface area contributed by atoms with Crippen LogP contribution in [0.4, 0.5) is 11.4 Å². The van der Waals surface area contributed by atoms with Gasteiger partial charge in [-0.25, -0.2) is 0 Å². The maximum Gasteiger partial charge on any atom is 0.137 e. The molecule has 0 bridgehead atoms. The Morgan fingerprint density at radius 1 is 0.706 bits per heavy atom. The van der Waals surface area contributed by atoms with Gasteiger partial charge in [-0.05, 0) is 60.7 Å². The number of nitrogens with zero attached hydrogens (tertiary/aromatic N) is 2. The number of para-hydroxylation sites is 1. The topological polar surface area (TPSA) is 40.2 Å². The summed E-state index contributed by atoms with van der Waals surface area (Å²) in [5, 5.41) is 11.9. The van der Waals surface area contributed by atoms with E-state index in [1.807, 2.05) is 18.2 Å². The summed E-state index contributed by atoms with van der Waals surface area (Å²) in [5.41, 5.74) is 6.50. The smallest absolute Gasteiger partial charge is 0.137 e. The summed E-state index contributed by atoms with van der Waals surface area (Å²) < 4.78 is 6.21. The largest absolute Gasteiger partial charge is 0.456 e. The van der Waals surface area contributed by atoms with Crippen molar-refractivity contribution >= 4 is 33.3 Å². The summed E-state index contributed by atoms with van der Waals surface area (Å²) in [4.78, 5) is 2.42. The summed E-state index contributed by atoms with van der Waals surface area (Å²) in [6, 6.07) is 36.8. The van der Waals surface area contributed by atoms with Gasteiger partial charge in [-0.2, -0.15) is 5.26 Å². The van der Waals surface area contributed by atoms with Crippen LogP contribution in [-0.4, -0.2) is 6.04 Å². The first kappa shape index (κ1) is 20.6. The highest BCUT2D eigenvalue weighted by Crippen LogP contribution is 2.39. The lowest BCUT2D eigenvalue weighted by Crippen LogP contribution is -2.35. The number of hydrogen-bond acceptors (Lipinski definition) is 3. The van der Waals surface area contributed by atoms with Crippen LogP contribution in [0.25, 0.3) is 33.1 Å². The fourth-order valence-corrected chi connectivity index (χ4v) is 5.40. The van der Waals surface area contributed by atoms with Gasteiger partial charge in [0.1, 0.15) is 11.2 Å². The molecule has 1 fully saturated rings. The van der Waals surface area contributed by atoms with Crippen LogP contribution in [0, 0.1) is 17.2 Å². The average Bonchev–Trinajstić information content (AvgIpc) is 3.28. The summed E-state index contributed by atoms with van der Waals surface area (Å²) in [7, 11) is 0. The van der Waals surface area contributed by atoms with Gasteiger partial charge in [-0.1, -0.05) is 67.1 Å². The Labute approximate surface area is 199 Å². The molecule has 2 unspecified atom stereocenters. The standard InChI is InChI=1S/C31H26N2O/c32-21-22-7-6-10-26(19-22)33(25-15-13-24(14-16-25)23-8-2-1-3-9-23)27-17-18-29-28-11-4-5-12-30(28)34-31(29)20-27/h1-5,8-9,11-18,20,22,26H,6-7,10,19H2. The van der Waals surface area contributed by atoms with Crippen molar-refractivity contribution in [3.63, 3.8) is 0 Å². The Hall–Kier alpha value is -4.03. The molecule has 4 aromatic carbocycles. The van der Waals surface area contributed by atoms with Gasteiger partial charge in [0, 0.05) is 40.2 Å². The first-order valence-corrected chi connectivity index (χ1v) is 12.1. The molecule has 1 aliphatic rings. The molecule has 1 heterocycles. The number of fused-ring (bicyclic) bond motifs is 3. The van der Waals surface area contributed by atoms with Gasteiger partial charge in [0.15, 0.2) is 0 Å². The van der Waals surface area contributed by atoms with E-state index in [2.05, 4.69) is 89.8 Å². The third kappa shape index (κ3) is 3.72. The van der Waals surface area contributed by atoms with Crippen LogP contribution >= 0.6 is 0 Å². The van der Waals surface area contributed by atoms with Crippen LogP contribution in [0.5, 0.6) is 0 Å². The Kier molecular flexibility index (Phi) is 5.28. The van der Waals surface area contributed by atoms with Crippen LogP contribution in [0.15, 0.2) is 101 Å². The predicted molar refractivity (Wildman–Crippen MR) is 139 cm³/mol. The van der Waals surface area contributed by atoms with Crippen LogP contribution in [-0.2, 0) is 0 Å². The fraction of sp³-hybridized carbons (Fsp3) is 0.194. The molecule has 3 heteroatoms. The van der Waals surface area contributed by atoms with Crippen molar-refractivity contribution in [2.75, 3.05) is 4.90 Å². The second kappa shape index (κ2) is 8.72. The minimum absolute atomic E-state index is 0.111. The molecule has 0 amide bonds. The van der Waals surface area contributed by atoms with E-state index >= 15 is 0 Å². The second-order valence-corrected chi connectivity index (χ2v) is 9.21. The van der Waals surface area contributed by atoms with Gasteiger partial charge in [-0.3, -0.25) is 0 Å². The molecule has 6 rings (SSSR count). The van der Waals surface area contributed by atoms with E-state index in [0.29, 0.717) is 0 Å². The van der Waals surface area contributed by atoms with Crippen molar-refractivity contribution in [3.8, 4) is 17.2 Å². The van der Waals surface area contributed by atoms with Crippen molar-refractivity contribution < 1.29 is 4.42 Å². The van der Waals surface area contributed by atoms with E-state index in [4.69, 9.17) is 4.42 Å². The molecule has 0 saturated heterocycles. The van der Waals surface area contributed by atoms with E-state index in [0.717, 1.165) is 59.0 Å². The number of rotatable bonds is 4. The molecule has 0 radical (unpaired) electrons. The van der Waals surface area contributed by atoms with Crippen LogP contribution in [0.2, 0.25) is 0 Å². The van der Waals surface area contributed by atoms with Crippen molar-refractivity contribution in [1.29, 1.82) is 5.26 Å². The zero-order valence-electron chi connectivity index (χ0n) is 19.0. The molecule has 5 aromatic rings. The van der Waals surface area contributed by atoms with E-state index in [-0.39, 0.29) is 12.0 Å². The zero-order chi connectivity index (χ0) is 22.9. The Bertz CT molecular complexity index is 1480. The first-order chi connectivity index (χ1) is 16.8. The second-order valence-electron chi connectivity index (χ2n) is 9.21. The van der Waals surface area contributed by atoms with Gasteiger partial charge in [0.2, 0.25) is 0 Å². The maximum absolute atomic E-state index is 9.63. The molecule has 1 saturated carbocycles. The molecule has 1 aliphatic carbocycles. The van der Waals surface area contributed by atoms with E-state index in [1.165, 1.54) is 11.1 Å². The summed E-state index contributed by atoms with van der Waals surface area (Å²) in [6.45, 7) is 0. The number of hydrogen-bond donors (Lipinski definition) is 0. The van der Waals surface area contributed by atoms with Gasteiger partial charge >= 0.3 is 0 Å². The minimum atomic E-state index is 0.111. The van der Waals surface area contributed by atoms with Crippen molar-refractivity contribution in [1.82, 2.24) is 0 Å². The molecule has 3 nitrogen and oxygen atoms in total. The van der Waals surface area contributed by atoms with Crippen LogP contribution in [0.3, 0.4) is 0 Å². The lowest BCUT2D eigenvalue weighted by atomic mass is 9.85. The van der Waals surface area contributed by atoms with Crippen LogP contribution < -0.4 is 4.90 Å². The molecule has 1 aromatic heterocycles. The molecule has 34 heavy (non-hydrogen) atoms. The van der Waals surface area contributed by atoms with E-state index in [9.17, 15) is 5.26 Å². The normalized spacial score (nSPS) is 18.1. The number of nitriles is 1. The number of benzene rings is 4. The molecule has 2 atom stereocenters. The third-order valence-electron chi connectivity index (χ3n) is 7.09. The third-order valence-corrected chi connectivity index (χ3v) is 7.09.